The van der Waals surface area contributed by atoms with Gasteiger partial charge in [-0.1, -0.05) is 148 Å². The fourth-order valence-electron chi connectivity index (χ4n) is 5.60. The second-order valence-electron chi connectivity index (χ2n) is 10.6. The molecule has 3 rings (SSSR count). The highest BCUT2D eigenvalue weighted by Gasteiger charge is 2.16. The molecular weight excluding hydrogens is 558 g/mol. The molecule has 0 radical (unpaired) electrons. The summed E-state index contributed by atoms with van der Waals surface area (Å²) in [5.74, 6) is 0.762. The average molecular weight is 606 g/mol. The highest BCUT2D eigenvalue weighted by atomic mass is 79.9. The highest BCUT2D eigenvalue weighted by Crippen LogP contribution is 2.34. The number of hydrogen-bond acceptors (Lipinski definition) is 0. The zero-order valence-corrected chi connectivity index (χ0v) is 25.4. The summed E-state index contributed by atoms with van der Waals surface area (Å²) in [6.45, 7) is 5.75. The van der Waals surface area contributed by atoms with Gasteiger partial charge in [0.05, 0.1) is 11.0 Å². The Morgan fingerprint density at radius 2 is 0.971 bits per heavy atom. The second-order valence-corrected chi connectivity index (χ2v) is 12.5. The molecule has 0 fully saturated rings. The lowest BCUT2D eigenvalue weighted by Crippen LogP contribution is -2.11. The zero-order chi connectivity index (χ0) is 24.9. The molecule has 0 bridgehead atoms. The summed E-state index contributed by atoms with van der Waals surface area (Å²) in [6, 6.07) is 13.6. The lowest BCUT2D eigenvalue weighted by Gasteiger charge is -2.20. The molecule has 0 saturated heterocycles. The van der Waals surface area contributed by atoms with Crippen molar-refractivity contribution in [3.63, 3.8) is 0 Å². The van der Waals surface area contributed by atoms with Crippen LogP contribution in [0.2, 0.25) is 0 Å². The van der Waals surface area contributed by atoms with Gasteiger partial charge in [0.1, 0.15) is 0 Å². The van der Waals surface area contributed by atoms with Crippen LogP contribution in [-0.2, 0) is 6.54 Å². The fraction of sp³-hybridized carbons (Fsp3) is 0.625. The number of fused-ring (bicyclic) bond motifs is 3. The first kappa shape index (κ1) is 28.8. The van der Waals surface area contributed by atoms with Gasteiger partial charge in [0.15, 0.2) is 0 Å². The lowest BCUT2D eigenvalue weighted by molar-refractivity contribution is 0.364. The smallest absolute Gasteiger partial charge is 0.0502 e. The van der Waals surface area contributed by atoms with Gasteiger partial charge < -0.3 is 4.57 Å². The number of unbranched alkanes of at least 4 members (excludes halogenated alkanes) is 12. The Hall–Kier alpha value is -0.800. The van der Waals surface area contributed by atoms with Gasteiger partial charge in [-0.15, -0.1) is 0 Å². The van der Waals surface area contributed by atoms with Crippen LogP contribution < -0.4 is 0 Å². The molecule has 0 spiro atoms. The van der Waals surface area contributed by atoms with Gasteiger partial charge in [0.25, 0.3) is 0 Å². The molecule has 194 valence electrons. The van der Waals surface area contributed by atoms with Crippen LogP contribution in [0, 0.1) is 5.92 Å². The third-order valence-corrected chi connectivity index (χ3v) is 8.65. The van der Waals surface area contributed by atoms with Crippen LogP contribution in [-0.4, -0.2) is 4.57 Å². The molecular formula is C32H47Br2N. The molecule has 2 aromatic carbocycles. The lowest BCUT2D eigenvalue weighted by atomic mass is 9.93. The molecule has 0 N–H and O–H groups in total. The summed E-state index contributed by atoms with van der Waals surface area (Å²) in [4.78, 5) is 0. The Balaban J connectivity index is 1.68. The SMILES string of the molecule is CCCCCCCCCCC(CCCCCCCC)Cn1c2cc(Br)ccc2c2ccc(Br)cc21. The monoisotopic (exact) mass is 603 g/mol. The van der Waals surface area contributed by atoms with Crippen LogP contribution in [0.1, 0.15) is 117 Å². The Morgan fingerprint density at radius 3 is 1.40 bits per heavy atom. The van der Waals surface area contributed by atoms with Gasteiger partial charge in [-0.3, -0.25) is 0 Å². The molecule has 35 heavy (non-hydrogen) atoms. The topological polar surface area (TPSA) is 4.93 Å². The molecule has 1 heterocycles. The Morgan fingerprint density at radius 1 is 0.571 bits per heavy atom. The number of nitrogens with zero attached hydrogens (tertiary/aromatic N) is 1. The van der Waals surface area contributed by atoms with Crippen molar-refractivity contribution in [1.29, 1.82) is 0 Å². The van der Waals surface area contributed by atoms with E-state index in [4.69, 9.17) is 0 Å². The predicted octanol–water partition coefficient (Wildman–Crippen LogP) is 12.2. The quantitative estimate of drug-likeness (QED) is 0.127. The van der Waals surface area contributed by atoms with E-state index in [1.54, 1.807) is 0 Å². The largest absolute Gasteiger partial charge is 0.340 e. The fourth-order valence-corrected chi connectivity index (χ4v) is 6.30. The van der Waals surface area contributed by atoms with Gasteiger partial charge in [-0.05, 0) is 43.0 Å². The van der Waals surface area contributed by atoms with E-state index in [0.29, 0.717) is 0 Å². The first-order valence-corrected chi connectivity index (χ1v) is 16.1. The van der Waals surface area contributed by atoms with Gasteiger partial charge >= 0.3 is 0 Å². The van der Waals surface area contributed by atoms with Crippen LogP contribution in [0.25, 0.3) is 21.8 Å². The Kier molecular flexibility index (Phi) is 13.3. The molecule has 1 atom stereocenters. The van der Waals surface area contributed by atoms with Gasteiger partial charge in [0.2, 0.25) is 0 Å². The molecule has 3 heteroatoms. The maximum absolute atomic E-state index is 3.74. The van der Waals surface area contributed by atoms with E-state index in [2.05, 4.69) is 86.7 Å². The Labute approximate surface area is 231 Å². The van der Waals surface area contributed by atoms with E-state index >= 15 is 0 Å². The molecule has 0 aliphatic heterocycles. The van der Waals surface area contributed by atoms with Crippen molar-refractivity contribution in [3.05, 3.63) is 45.3 Å². The highest BCUT2D eigenvalue weighted by molar-refractivity contribution is 9.10. The number of rotatable bonds is 18. The van der Waals surface area contributed by atoms with Crippen molar-refractivity contribution in [2.24, 2.45) is 5.92 Å². The maximum atomic E-state index is 3.74. The summed E-state index contributed by atoms with van der Waals surface area (Å²) >= 11 is 7.47. The number of hydrogen-bond donors (Lipinski definition) is 0. The average Bonchev–Trinajstić information content (AvgIpc) is 3.14. The number of benzene rings is 2. The third kappa shape index (κ3) is 9.22. The van der Waals surface area contributed by atoms with E-state index in [0.717, 1.165) is 12.5 Å². The molecule has 0 aliphatic carbocycles. The normalized spacial score (nSPS) is 12.7. The maximum Gasteiger partial charge on any atom is 0.0502 e. The third-order valence-electron chi connectivity index (χ3n) is 7.66. The first-order valence-electron chi connectivity index (χ1n) is 14.5. The molecule has 0 aliphatic rings. The van der Waals surface area contributed by atoms with Crippen molar-refractivity contribution < 1.29 is 0 Å². The van der Waals surface area contributed by atoms with Gasteiger partial charge in [0, 0.05) is 26.3 Å². The Bertz CT molecular complexity index is 946. The van der Waals surface area contributed by atoms with Crippen molar-refractivity contribution in [3.8, 4) is 0 Å². The van der Waals surface area contributed by atoms with Crippen LogP contribution in [0.4, 0.5) is 0 Å². The van der Waals surface area contributed by atoms with Crippen LogP contribution >= 0.6 is 31.9 Å². The molecule has 1 unspecified atom stereocenters. The van der Waals surface area contributed by atoms with Crippen molar-refractivity contribution in [1.82, 2.24) is 4.57 Å². The standard InChI is InChI=1S/C32H47Br2N/c1-3-5-7-9-11-12-14-16-18-26(17-15-13-10-8-6-4-2)25-35-31-23-27(33)19-21-29(31)30-22-20-28(34)24-32(30)35/h19-24,26H,3-18,25H2,1-2H3. The van der Waals surface area contributed by atoms with Gasteiger partial charge in [-0.25, -0.2) is 0 Å². The van der Waals surface area contributed by atoms with E-state index < -0.39 is 0 Å². The summed E-state index contributed by atoms with van der Waals surface area (Å²) in [6.07, 6.45) is 22.3. The molecule has 0 amide bonds. The molecule has 0 saturated carbocycles. The van der Waals surface area contributed by atoms with E-state index in [9.17, 15) is 0 Å². The van der Waals surface area contributed by atoms with Crippen molar-refractivity contribution in [2.75, 3.05) is 0 Å². The van der Waals surface area contributed by atoms with Crippen LogP contribution in [0.5, 0.6) is 0 Å². The molecule has 1 nitrogen and oxygen atoms in total. The summed E-state index contributed by atoms with van der Waals surface area (Å²) in [5, 5.41) is 2.75. The minimum atomic E-state index is 0.762. The summed E-state index contributed by atoms with van der Waals surface area (Å²) in [5.41, 5.74) is 2.74. The van der Waals surface area contributed by atoms with Crippen molar-refractivity contribution >= 4 is 53.7 Å². The van der Waals surface area contributed by atoms with E-state index in [-0.39, 0.29) is 0 Å². The minimum absolute atomic E-state index is 0.762. The van der Waals surface area contributed by atoms with Gasteiger partial charge in [-0.2, -0.15) is 0 Å². The molecule has 1 aromatic heterocycles. The van der Waals surface area contributed by atoms with E-state index in [1.165, 1.54) is 133 Å². The predicted molar refractivity (Wildman–Crippen MR) is 164 cm³/mol. The summed E-state index contributed by atoms with van der Waals surface area (Å²) in [7, 11) is 0. The first-order chi connectivity index (χ1) is 17.1. The number of aromatic nitrogens is 1. The second kappa shape index (κ2) is 16.1. The van der Waals surface area contributed by atoms with E-state index in [1.807, 2.05) is 0 Å². The van der Waals surface area contributed by atoms with Crippen LogP contribution in [0.15, 0.2) is 45.3 Å². The number of halogens is 2. The summed E-state index contributed by atoms with van der Waals surface area (Å²) < 4.78 is 4.96. The molecule has 3 aromatic rings. The van der Waals surface area contributed by atoms with Crippen molar-refractivity contribution in [2.45, 2.75) is 123 Å². The zero-order valence-electron chi connectivity index (χ0n) is 22.3. The minimum Gasteiger partial charge on any atom is -0.340 e. The van der Waals surface area contributed by atoms with Crippen LogP contribution in [0.3, 0.4) is 0 Å².